The molecule has 1 fully saturated rings. The number of pyridine rings is 1. The summed E-state index contributed by atoms with van der Waals surface area (Å²) >= 11 is 5.91. The molecule has 1 aliphatic rings. The highest BCUT2D eigenvalue weighted by molar-refractivity contribution is 6.32. The number of nitrogen functional groups attached to an aromatic ring is 1. The first-order valence-electron chi connectivity index (χ1n) is 6.40. The maximum atomic E-state index is 5.91. The Bertz CT molecular complexity index is 421. The summed E-state index contributed by atoms with van der Waals surface area (Å²) in [5, 5.41) is 0.521. The van der Waals surface area contributed by atoms with Crippen molar-refractivity contribution in [2.45, 2.75) is 32.9 Å². The molecule has 0 spiro atoms. The molecule has 18 heavy (non-hydrogen) atoms. The molecule has 2 heterocycles. The van der Waals surface area contributed by atoms with Crippen LogP contribution in [0.1, 0.15) is 20.8 Å². The maximum absolute atomic E-state index is 5.91. The average molecular weight is 269 g/mol. The molecular formula is C13H21ClN4. The third kappa shape index (κ3) is 2.70. The Kier molecular flexibility index (Phi) is 3.97. The number of anilines is 2. The quantitative estimate of drug-likeness (QED) is 0.894. The first kappa shape index (κ1) is 13.4. The number of aromatic nitrogens is 1. The molecule has 0 amide bonds. The lowest BCUT2D eigenvalue weighted by Gasteiger charge is -2.42. The highest BCUT2D eigenvalue weighted by Crippen LogP contribution is 2.25. The summed E-state index contributed by atoms with van der Waals surface area (Å²) in [6.07, 6.45) is 1.63. The van der Waals surface area contributed by atoms with Crippen LogP contribution in [-0.4, -0.2) is 41.6 Å². The Labute approximate surface area is 114 Å². The number of nitrogens with two attached hydrogens (primary N) is 1. The van der Waals surface area contributed by atoms with Gasteiger partial charge in [-0.15, -0.1) is 0 Å². The van der Waals surface area contributed by atoms with Gasteiger partial charge in [-0.25, -0.2) is 4.98 Å². The molecule has 100 valence electrons. The van der Waals surface area contributed by atoms with Crippen LogP contribution in [0.25, 0.3) is 0 Å². The standard InChI is InChI=1S/C13H21ClN4/c1-9(2)17-4-5-18(10(3)8-17)13-6-12(15)11(14)7-16-13/h6-7,9-10H,4-5,8H2,1-3H3,(H2,15,16)/t10-/m0/s1. The SMILES string of the molecule is CC(C)N1CCN(c2cc(N)c(Cl)cn2)[C@@H](C)C1. The van der Waals surface area contributed by atoms with Gasteiger partial charge in [-0.2, -0.15) is 0 Å². The number of halogens is 1. The Morgan fingerprint density at radius 3 is 2.72 bits per heavy atom. The molecule has 1 aromatic heterocycles. The molecule has 2 N–H and O–H groups in total. The van der Waals surface area contributed by atoms with Gasteiger partial charge in [0.1, 0.15) is 5.82 Å². The Balaban J connectivity index is 2.12. The van der Waals surface area contributed by atoms with E-state index >= 15 is 0 Å². The predicted molar refractivity (Wildman–Crippen MR) is 77.2 cm³/mol. The van der Waals surface area contributed by atoms with Gasteiger partial charge in [0.15, 0.2) is 0 Å². The van der Waals surface area contributed by atoms with Crippen LogP contribution >= 0.6 is 11.6 Å². The molecule has 1 saturated heterocycles. The van der Waals surface area contributed by atoms with E-state index in [1.165, 1.54) is 0 Å². The Hall–Kier alpha value is -1.00. The van der Waals surface area contributed by atoms with Gasteiger partial charge in [-0.05, 0) is 20.8 Å². The van der Waals surface area contributed by atoms with Gasteiger partial charge >= 0.3 is 0 Å². The molecule has 0 radical (unpaired) electrons. The van der Waals surface area contributed by atoms with E-state index in [0.717, 1.165) is 25.5 Å². The van der Waals surface area contributed by atoms with Crippen molar-refractivity contribution < 1.29 is 0 Å². The number of hydrogen-bond acceptors (Lipinski definition) is 4. The smallest absolute Gasteiger partial charge is 0.130 e. The molecule has 2 rings (SSSR count). The fraction of sp³-hybridized carbons (Fsp3) is 0.615. The molecule has 4 nitrogen and oxygen atoms in total. The van der Waals surface area contributed by atoms with E-state index < -0.39 is 0 Å². The van der Waals surface area contributed by atoms with Crippen LogP contribution < -0.4 is 10.6 Å². The van der Waals surface area contributed by atoms with E-state index in [1.807, 2.05) is 6.07 Å². The third-order valence-corrected chi connectivity index (χ3v) is 3.87. The molecule has 1 aliphatic heterocycles. The molecule has 0 saturated carbocycles. The van der Waals surface area contributed by atoms with Crippen molar-refractivity contribution in [1.29, 1.82) is 0 Å². The summed E-state index contributed by atoms with van der Waals surface area (Å²) in [6, 6.07) is 2.90. The second-order valence-corrected chi connectivity index (χ2v) is 5.60. The summed E-state index contributed by atoms with van der Waals surface area (Å²) in [7, 11) is 0. The summed E-state index contributed by atoms with van der Waals surface area (Å²) in [5.74, 6) is 0.924. The van der Waals surface area contributed by atoms with Crippen molar-refractivity contribution in [2.75, 3.05) is 30.3 Å². The highest BCUT2D eigenvalue weighted by atomic mass is 35.5. The molecule has 0 bridgehead atoms. The van der Waals surface area contributed by atoms with Crippen LogP contribution in [0.4, 0.5) is 11.5 Å². The second-order valence-electron chi connectivity index (χ2n) is 5.20. The van der Waals surface area contributed by atoms with Crippen molar-refractivity contribution in [3.63, 3.8) is 0 Å². The first-order valence-corrected chi connectivity index (χ1v) is 6.78. The summed E-state index contributed by atoms with van der Waals surface area (Å²) in [6.45, 7) is 9.80. The van der Waals surface area contributed by atoms with Crippen molar-refractivity contribution in [3.05, 3.63) is 17.3 Å². The van der Waals surface area contributed by atoms with Crippen LogP contribution in [0.5, 0.6) is 0 Å². The van der Waals surface area contributed by atoms with E-state index in [4.69, 9.17) is 17.3 Å². The van der Waals surface area contributed by atoms with E-state index in [2.05, 4.69) is 35.6 Å². The van der Waals surface area contributed by atoms with Gasteiger partial charge in [-0.3, -0.25) is 4.90 Å². The van der Waals surface area contributed by atoms with Gasteiger partial charge in [0.25, 0.3) is 0 Å². The van der Waals surface area contributed by atoms with Crippen LogP contribution in [-0.2, 0) is 0 Å². The Morgan fingerprint density at radius 1 is 1.44 bits per heavy atom. The van der Waals surface area contributed by atoms with Gasteiger partial charge in [0, 0.05) is 44.0 Å². The zero-order valence-electron chi connectivity index (χ0n) is 11.2. The van der Waals surface area contributed by atoms with Crippen molar-refractivity contribution >= 4 is 23.1 Å². The largest absolute Gasteiger partial charge is 0.397 e. The first-order chi connectivity index (χ1) is 8.49. The molecule has 5 heteroatoms. The summed E-state index contributed by atoms with van der Waals surface area (Å²) < 4.78 is 0. The Morgan fingerprint density at radius 2 is 2.17 bits per heavy atom. The fourth-order valence-corrected chi connectivity index (χ4v) is 2.50. The van der Waals surface area contributed by atoms with Crippen LogP contribution in [0.2, 0.25) is 5.02 Å². The zero-order valence-corrected chi connectivity index (χ0v) is 12.0. The second kappa shape index (κ2) is 5.33. The van der Waals surface area contributed by atoms with Gasteiger partial charge in [0.05, 0.1) is 10.7 Å². The number of rotatable bonds is 2. The lowest BCUT2D eigenvalue weighted by atomic mass is 10.1. The molecular weight excluding hydrogens is 248 g/mol. The highest BCUT2D eigenvalue weighted by Gasteiger charge is 2.26. The molecule has 1 aromatic rings. The van der Waals surface area contributed by atoms with Crippen molar-refractivity contribution in [3.8, 4) is 0 Å². The zero-order chi connectivity index (χ0) is 13.3. The van der Waals surface area contributed by atoms with Gasteiger partial charge in [0.2, 0.25) is 0 Å². The van der Waals surface area contributed by atoms with E-state index in [1.54, 1.807) is 6.20 Å². The number of hydrogen-bond donors (Lipinski definition) is 1. The van der Waals surface area contributed by atoms with Gasteiger partial charge < -0.3 is 10.6 Å². The normalized spacial score (nSPS) is 21.6. The topological polar surface area (TPSA) is 45.4 Å². The minimum Gasteiger partial charge on any atom is -0.397 e. The molecule has 0 unspecified atom stereocenters. The van der Waals surface area contributed by atoms with Crippen LogP contribution in [0.15, 0.2) is 12.3 Å². The number of nitrogens with zero attached hydrogens (tertiary/aromatic N) is 3. The fourth-order valence-electron chi connectivity index (χ4n) is 2.39. The number of piperazine rings is 1. The molecule has 0 aliphatic carbocycles. The van der Waals surface area contributed by atoms with E-state index in [-0.39, 0.29) is 0 Å². The van der Waals surface area contributed by atoms with Crippen LogP contribution in [0.3, 0.4) is 0 Å². The summed E-state index contributed by atoms with van der Waals surface area (Å²) in [5.41, 5.74) is 6.44. The van der Waals surface area contributed by atoms with E-state index in [9.17, 15) is 0 Å². The summed E-state index contributed by atoms with van der Waals surface area (Å²) in [4.78, 5) is 9.16. The minimum absolute atomic E-state index is 0.439. The lowest BCUT2D eigenvalue weighted by molar-refractivity contribution is 0.185. The van der Waals surface area contributed by atoms with Crippen molar-refractivity contribution in [2.24, 2.45) is 0 Å². The minimum atomic E-state index is 0.439. The maximum Gasteiger partial charge on any atom is 0.130 e. The predicted octanol–water partition coefficient (Wildman–Crippen LogP) is 2.24. The van der Waals surface area contributed by atoms with Crippen LogP contribution in [0, 0.1) is 0 Å². The monoisotopic (exact) mass is 268 g/mol. The van der Waals surface area contributed by atoms with Crippen molar-refractivity contribution in [1.82, 2.24) is 9.88 Å². The van der Waals surface area contributed by atoms with Gasteiger partial charge in [-0.1, -0.05) is 11.6 Å². The van der Waals surface area contributed by atoms with E-state index in [0.29, 0.717) is 22.8 Å². The molecule has 0 aromatic carbocycles. The molecule has 1 atom stereocenters. The average Bonchev–Trinajstić information content (AvgIpc) is 2.32. The third-order valence-electron chi connectivity index (χ3n) is 3.55. The lowest BCUT2D eigenvalue weighted by Crippen LogP contribution is -2.54.